The second-order valence-electron chi connectivity index (χ2n) is 6.42. The fourth-order valence-electron chi connectivity index (χ4n) is 3.22. The van der Waals surface area contributed by atoms with Crippen LogP contribution in [-0.2, 0) is 16.6 Å². The van der Waals surface area contributed by atoms with Crippen LogP contribution in [-0.4, -0.2) is 15.7 Å². The van der Waals surface area contributed by atoms with Crippen LogP contribution in [0.15, 0.2) is 60.4 Å². The standard InChI is InChI=1S/C21H16ClFN2O2/c1-25-12-15(11-24-25)18-10-16(22)6-7-17(18)20-9-14(21(26)27-20)8-13-4-2-3-5-19(13)23/h2-8,10-12,20H,9H2,1H3/b14-8+. The number of aromatic nitrogens is 2. The molecule has 1 saturated heterocycles. The smallest absolute Gasteiger partial charge is 0.334 e. The SMILES string of the molecule is Cn1cc(-c2cc(Cl)ccc2C2C/C(=C\c3ccccc3F)C(=O)O2)cn1. The summed E-state index contributed by atoms with van der Waals surface area (Å²) in [4.78, 5) is 12.3. The largest absolute Gasteiger partial charge is 0.454 e. The van der Waals surface area contributed by atoms with E-state index in [1.165, 1.54) is 6.07 Å². The van der Waals surface area contributed by atoms with Crippen molar-refractivity contribution in [3.05, 3.63) is 82.4 Å². The minimum absolute atomic E-state index is 0.363. The molecule has 3 aromatic rings. The van der Waals surface area contributed by atoms with Gasteiger partial charge in [-0.1, -0.05) is 35.9 Å². The number of hydrogen-bond acceptors (Lipinski definition) is 3. The number of rotatable bonds is 3. The summed E-state index contributed by atoms with van der Waals surface area (Å²) >= 11 is 6.17. The Morgan fingerprint density at radius 3 is 2.85 bits per heavy atom. The van der Waals surface area contributed by atoms with Crippen LogP contribution in [0, 0.1) is 5.82 Å². The first-order valence-corrected chi connectivity index (χ1v) is 8.83. The Bertz CT molecular complexity index is 1060. The summed E-state index contributed by atoms with van der Waals surface area (Å²) in [5, 5.41) is 4.79. The molecular formula is C21H16ClFN2O2. The Morgan fingerprint density at radius 1 is 1.30 bits per heavy atom. The molecule has 0 amide bonds. The van der Waals surface area contributed by atoms with Crippen molar-refractivity contribution < 1.29 is 13.9 Å². The second kappa shape index (κ2) is 7.00. The van der Waals surface area contributed by atoms with E-state index in [2.05, 4.69) is 5.10 Å². The lowest BCUT2D eigenvalue weighted by Gasteiger charge is -2.14. The van der Waals surface area contributed by atoms with Crippen LogP contribution in [0.3, 0.4) is 0 Å². The Hall–Kier alpha value is -2.92. The van der Waals surface area contributed by atoms with Gasteiger partial charge in [0, 0.05) is 47.0 Å². The van der Waals surface area contributed by atoms with Gasteiger partial charge in [0.15, 0.2) is 0 Å². The third-order valence-corrected chi connectivity index (χ3v) is 4.76. The second-order valence-corrected chi connectivity index (χ2v) is 6.86. The molecule has 2 heterocycles. The molecule has 0 bridgehead atoms. The maximum Gasteiger partial charge on any atom is 0.334 e. The maximum atomic E-state index is 13.9. The number of nitrogens with zero attached hydrogens (tertiary/aromatic N) is 2. The minimum Gasteiger partial charge on any atom is -0.454 e. The Labute approximate surface area is 160 Å². The van der Waals surface area contributed by atoms with Gasteiger partial charge in [-0.25, -0.2) is 9.18 Å². The van der Waals surface area contributed by atoms with E-state index >= 15 is 0 Å². The van der Waals surface area contributed by atoms with Crippen molar-refractivity contribution in [2.24, 2.45) is 7.05 Å². The first-order valence-electron chi connectivity index (χ1n) is 8.46. The fraction of sp³-hybridized carbons (Fsp3) is 0.143. The van der Waals surface area contributed by atoms with Crippen LogP contribution >= 0.6 is 11.6 Å². The first kappa shape index (κ1) is 17.5. The molecule has 4 nitrogen and oxygen atoms in total. The number of aryl methyl sites for hydroxylation is 1. The van der Waals surface area contributed by atoms with Crippen molar-refractivity contribution in [2.45, 2.75) is 12.5 Å². The van der Waals surface area contributed by atoms with Crippen LogP contribution < -0.4 is 0 Å². The first-order chi connectivity index (χ1) is 13.0. The average molecular weight is 383 g/mol. The van der Waals surface area contributed by atoms with Gasteiger partial charge in [0.2, 0.25) is 0 Å². The van der Waals surface area contributed by atoms with Crippen molar-refractivity contribution in [1.29, 1.82) is 0 Å². The zero-order valence-corrected chi connectivity index (χ0v) is 15.3. The molecule has 2 aromatic carbocycles. The normalized spacial score (nSPS) is 18.1. The number of hydrogen-bond donors (Lipinski definition) is 0. The quantitative estimate of drug-likeness (QED) is 0.475. The molecule has 6 heteroatoms. The van der Waals surface area contributed by atoms with E-state index in [1.807, 2.05) is 25.4 Å². The maximum absolute atomic E-state index is 13.9. The van der Waals surface area contributed by atoms with Gasteiger partial charge in [-0.15, -0.1) is 0 Å². The number of halogens is 2. The summed E-state index contributed by atoms with van der Waals surface area (Å²) in [6.45, 7) is 0. The van der Waals surface area contributed by atoms with Gasteiger partial charge >= 0.3 is 5.97 Å². The van der Waals surface area contributed by atoms with Crippen LogP contribution in [0.25, 0.3) is 17.2 Å². The van der Waals surface area contributed by atoms with E-state index in [9.17, 15) is 9.18 Å². The summed E-state index contributed by atoms with van der Waals surface area (Å²) < 4.78 is 21.2. The molecule has 1 aromatic heterocycles. The summed E-state index contributed by atoms with van der Waals surface area (Å²) in [6.07, 6.45) is 5.08. The predicted octanol–water partition coefficient (Wildman–Crippen LogP) is 4.95. The molecule has 0 spiro atoms. The molecule has 0 radical (unpaired) electrons. The highest BCUT2D eigenvalue weighted by Gasteiger charge is 2.32. The molecule has 1 fully saturated rings. The molecule has 0 aliphatic carbocycles. The number of esters is 1. The third kappa shape index (κ3) is 3.51. The summed E-state index contributed by atoms with van der Waals surface area (Å²) in [5.41, 5.74) is 3.40. The molecule has 1 atom stereocenters. The minimum atomic E-state index is -0.456. The van der Waals surface area contributed by atoms with Gasteiger partial charge in [0.05, 0.1) is 6.20 Å². The van der Waals surface area contributed by atoms with Crippen molar-refractivity contribution in [3.63, 3.8) is 0 Å². The highest BCUT2D eigenvalue weighted by molar-refractivity contribution is 6.30. The van der Waals surface area contributed by atoms with Crippen molar-refractivity contribution in [2.75, 3.05) is 0 Å². The van der Waals surface area contributed by atoms with Gasteiger partial charge in [-0.05, 0) is 29.8 Å². The number of cyclic esters (lactones) is 1. The molecule has 27 heavy (non-hydrogen) atoms. The van der Waals surface area contributed by atoms with Crippen molar-refractivity contribution in [3.8, 4) is 11.1 Å². The highest BCUT2D eigenvalue weighted by atomic mass is 35.5. The molecule has 136 valence electrons. The molecule has 0 saturated carbocycles. The van der Waals surface area contributed by atoms with Crippen LogP contribution in [0.1, 0.15) is 23.7 Å². The van der Waals surface area contributed by atoms with E-state index in [0.29, 0.717) is 22.6 Å². The van der Waals surface area contributed by atoms with E-state index in [1.54, 1.807) is 41.2 Å². The van der Waals surface area contributed by atoms with Crippen LogP contribution in [0.4, 0.5) is 4.39 Å². The summed E-state index contributed by atoms with van der Waals surface area (Å²) in [5.74, 6) is -0.806. The molecular weight excluding hydrogens is 367 g/mol. The fourth-order valence-corrected chi connectivity index (χ4v) is 3.39. The van der Waals surface area contributed by atoms with Gasteiger partial charge in [-0.2, -0.15) is 5.10 Å². The molecule has 1 aliphatic rings. The van der Waals surface area contributed by atoms with Gasteiger partial charge in [0.25, 0.3) is 0 Å². The molecule has 4 rings (SSSR count). The third-order valence-electron chi connectivity index (χ3n) is 4.53. The van der Waals surface area contributed by atoms with E-state index < -0.39 is 12.1 Å². The Balaban J connectivity index is 1.70. The summed E-state index contributed by atoms with van der Waals surface area (Å²) in [6, 6.07) is 11.8. The van der Waals surface area contributed by atoms with Gasteiger partial charge in [0.1, 0.15) is 11.9 Å². The predicted molar refractivity (Wildman–Crippen MR) is 101 cm³/mol. The number of carbonyl (C=O) groups excluding carboxylic acids is 1. The number of ether oxygens (including phenoxy) is 1. The topological polar surface area (TPSA) is 44.1 Å². The molecule has 1 aliphatic heterocycles. The van der Waals surface area contributed by atoms with Crippen molar-refractivity contribution >= 4 is 23.6 Å². The summed E-state index contributed by atoms with van der Waals surface area (Å²) in [7, 11) is 1.83. The lowest BCUT2D eigenvalue weighted by atomic mass is 9.95. The van der Waals surface area contributed by atoms with Crippen LogP contribution in [0.2, 0.25) is 5.02 Å². The van der Waals surface area contributed by atoms with E-state index in [0.717, 1.165) is 16.7 Å². The highest BCUT2D eigenvalue weighted by Crippen LogP contribution is 2.40. The Morgan fingerprint density at radius 2 is 2.11 bits per heavy atom. The van der Waals surface area contributed by atoms with E-state index in [4.69, 9.17) is 16.3 Å². The van der Waals surface area contributed by atoms with Gasteiger partial charge < -0.3 is 4.74 Å². The van der Waals surface area contributed by atoms with Crippen molar-refractivity contribution in [1.82, 2.24) is 9.78 Å². The zero-order chi connectivity index (χ0) is 19.0. The number of benzene rings is 2. The monoisotopic (exact) mass is 382 g/mol. The average Bonchev–Trinajstić information content (AvgIpc) is 3.23. The van der Waals surface area contributed by atoms with Crippen LogP contribution in [0.5, 0.6) is 0 Å². The molecule has 1 unspecified atom stereocenters. The lowest BCUT2D eigenvalue weighted by Crippen LogP contribution is -2.01. The van der Waals surface area contributed by atoms with E-state index in [-0.39, 0.29) is 5.82 Å². The zero-order valence-electron chi connectivity index (χ0n) is 14.5. The number of carbonyl (C=O) groups is 1. The molecule has 0 N–H and O–H groups in total. The Kier molecular flexibility index (Phi) is 4.54. The van der Waals surface area contributed by atoms with Gasteiger partial charge in [-0.3, -0.25) is 4.68 Å². The lowest BCUT2D eigenvalue weighted by molar-refractivity contribution is -0.139.